The molecular weight excluding hydrogens is 248 g/mol. The van der Waals surface area contributed by atoms with Crippen LogP contribution in [0.5, 0.6) is 0 Å². The van der Waals surface area contributed by atoms with Gasteiger partial charge in [0.2, 0.25) is 0 Å². The van der Waals surface area contributed by atoms with Gasteiger partial charge in [0.15, 0.2) is 0 Å². The maximum atomic E-state index is 5.74. The average Bonchev–Trinajstić information content (AvgIpc) is 2.46. The number of hydrogen-bond donors (Lipinski definition) is 2. The minimum Gasteiger partial charge on any atom is -0.271 e. The highest BCUT2D eigenvalue weighted by molar-refractivity contribution is 5.24. The summed E-state index contributed by atoms with van der Waals surface area (Å²) in [6.45, 7) is 6.34. The molecule has 0 bridgehead atoms. The first kappa shape index (κ1) is 17.1. The summed E-state index contributed by atoms with van der Waals surface area (Å²) in [7, 11) is 0. The van der Waals surface area contributed by atoms with Crippen LogP contribution in [0.25, 0.3) is 0 Å². The summed E-state index contributed by atoms with van der Waals surface area (Å²) < 4.78 is 0. The van der Waals surface area contributed by atoms with Crippen molar-refractivity contribution in [3.05, 3.63) is 23.0 Å². The van der Waals surface area contributed by atoms with Crippen molar-refractivity contribution in [2.75, 3.05) is 0 Å². The van der Waals surface area contributed by atoms with Gasteiger partial charge in [0.25, 0.3) is 0 Å². The molecule has 0 aliphatic heterocycles. The molecule has 0 radical (unpaired) electrons. The largest absolute Gasteiger partial charge is 0.271 e. The van der Waals surface area contributed by atoms with E-state index in [1.165, 1.54) is 44.1 Å². The second kappa shape index (κ2) is 9.83. The number of nitrogens with one attached hydrogen (secondary N) is 1. The molecular formula is C16H30N4. The van der Waals surface area contributed by atoms with Crippen molar-refractivity contribution in [3.8, 4) is 0 Å². The number of nitrogens with zero attached hydrogens (tertiary/aromatic N) is 2. The van der Waals surface area contributed by atoms with Crippen molar-refractivity contribution in [2.24, 2.45) is 5.84 Å². The maximum absolute atomic E-state index is 5.74. The third-order valence-corrected chi connectivity index (χ3v) is 3.78. The van der Waals surface area contributed by atoms with Crippen LogP contribution in [0.4, 0.5) is 0 Å². The smallest absolute Gasteiger partial charge is 0.0676 e. The Morgan fingerprint density at radius 1 is 1.10 bits per heavy atom. The normalized spacial score (nSPS) is 12.6. The van der Waals surface area contributed by atoms with Crippen LogP contribution in [0, 0.1) is 6.92 Å². The van der Waals surface area contributed by atoms with Crippen molar-refractivity contribution in [1.82, 2.24) is 15.6 Å². The number of nitrogens with two attached hydrogens (primary N) is 1. The van der Waals surface area contributed by atoms with Crippen molar-refractivity contribution in [2.45, 2.75) is 78.2 Å². The molecule has 1 atom stereocenters. The number of unbranched alkanes of at least 4 members (excludes halogenated alkanes) is 5. The molecule has 1 unspecified atom stereocenters. The summed E-state index contributed by atoms with van der Waals surface area (Å²) in [6, 6.07) is 2.32. The molecule has 0 fully saturated rings. The summed E-state index contributed by atoms with van der Waals surface area (Å²) in [5.41, 5.74) is 6.19. The van der Waals surface area contributed by atoms with Crippen molar-refractivity contribution >= 4 is 0 Å². The van der Waals surface area contributed by atoms with Gasteiger partial charge in [-0.05, 0) is 31.4 Å². The Balaban J connectivity index is 2.51. The van der Waals surface area contributed by atoms with Gasteiger partial charge < -0.3 is 0 Å². The highest BCUT2D eigenvalue weighted by atomic mass is 15.2. The van der Waals surface area contributed by atoms with Gasteiger partial charge >= 0.3 is 0 Å². The standard InChI is InChI=1S/C16H30N4/c1-4-6-7-8-9-10-11-16(18-17)14-12-13(3)19-20-15(14)5-2/h12,16,18H,4-11,17H2,1-3H3. The SMILES string of the molecule is CCCCCCCCC(NN)c1cc(C)nnc1CC. The Morgan fingerprint density at radius 3 is 2.45 bits per heavy atom. The maximum Gasteiger partial charge on any atom is 0.0676 e. The van der Waals surface area contributed by atoms with E-state index in [9.17, 15) is 0 Å². The Kier molecular flexibility index (Phi) is 8.38. The summed E-state index contributed by atoms with van der Waals surface area (Å²) in [5.74, 6) is 5.74. The fourth-order valence-electron chi connectivity index (χ4n) is 2.57. The van der Waals surface area contributed by atoms with Crippen LogP contribution in [0.2, 0.25) is 0 Å². The monoisotopic (exact) mass is 278 g/mol. The first-order chi connectivity index (χ1) is 9.72. The molecule has 0 aliphatic carbocycles. The van der Waals surface area contributed by atoms with Gasteiger partial charge in [-0.1, -0.05) is 52.4 Å². The van der Waals surface area contributed by atoms with Gasteiger partial charge in [0.05, 0.1) is 11.4 Å². The first-order valence-electron chi connectivity index (χ1n) is 8.02. The number of aromatic nitrogens is 2. The topological polar surface area (TPSA) is 63.8 Å². The molecule has 0 saturated heterocycles. The molecule has 0 saturated carbocycles. The van der Waals surface area contributed by atoms with Crippen LogP contribution in [0.1, 0.15) is 81.8 Å². The van der Waals surface area contributed by atoms with Crippen molar-refractivity contribution in [1.29, 1.82) is 0 Å². The fourth-order valence-corrected chi connectivity index (χ4v) is 2.57. The van der Waals surface area contributed by atoms with Crippen LogP contribution in [-0.4, -0.2) is 10.2 Å². The number of hydrazine groups is 1. The number of hydrogen-bond acceptors (Lipinski definition) is 4. The van der Waals surface area contributed by atoms with E-state index in [0.29, 0.717) is 0 Å². The molecule has 0 spiro atoms. The van der Waals surface area contributed by atoms with Crippen LogP contribution < -0.4 is 11.3 Å². The van der Waals surface area contributed by atoms with Gasteiger partial charge in [-0.3, -0.25) is 11.3 Å². The predicted molar refractivity (Wildman–Crippen MR) is 84.2 cm³/mol. The van der Waals surface area contributed by atoms with E-state index in [0.717, 1.165) is 24.2 Å². The van der Waals surface area contributed by atoms with E-state index in [2.05, 4.69) is 35.5 Å². The lowest BCUT2D eigenvalue weighted by Gasteiger charge is -2.18. The van der Waals surface area contributed by atoms with E-state index in [4.69, 9.17) is 5.84 Å². The molecule has 4 nitrogen and oxygen atoms in total. The molecule has 114 valence electrons. The van der Waals surface area contributed by atoms with Crippen LogP contribution in [-0.2, 0) is 6.42 Å². The lowest BCUT2D eigenvalue weighted by molar-refractivity contribution is 0.471. The molecule has 0 aromatic carbocycles. The molecule has 20 heavy (non-hydrogen) atoms. The second-order valence-corrected chi connectivity index (χ2v) is 5.52. The quantitative estimate of drug-likeness (QED) is 0.390. The van der Waals surface area contributed by atoms with Crippen molar-refractivity contribution in [3.63, 3.8) is 0 Å². The van der Waals surface area contributed by atoms with Gasteiger partial charge in [0, 0.05) is 6.04 Å². The van der Waals surface area contributed by atoms with Crippen LogP contribution >= 0.6 is 0 Å². The Morgan fingerprint density at radius 2 is 1.80 bits per heavy atom. The Labute approximate surface area is 123 Å². The molecule has 1 heterocycles. The van der Waals surface area contributed by atoms with Gasteiger partial charge in [0.1, 0.15) is 0 Å². The van der Waals surface area contributed by atoms with Crippen molar-refractivity contribution < 1.29 is 0 Å². The molecule has 1 rings (SSSR count). The molecule has 4 heteroatoms. The van der Waals surface area contributed by atoms with Gasteiger partial charge in [-0.15, -0.1) is 0 Å². The average molecular weight is 278 g/mol. The van der Waals surface area contributed by atoms with E-state index in [1.807, 2.05) is 6.92 Å². The molecule has 3 N–H and O–H groups in total. The van der Waals surface area contributed by atoms with E-state index < -0.39 is 0 Å². The molecule has 0 amide bonds. The summed E-state index contributed by atoms with van der Waals surface area (Å²) in [5, 5.41) is 8.43. The number of aryl methyl sites for hydroxylation is 2. The zero-order valence-electron chi connectivity index (χ0n) is 13.3. The minimum absolute atomic E-state index is 0.199. The molecule has 0 aliphatic rings. The second-order valence-electron chi connectivity index (χ2n) is 5.52. The summed E-state index contributed by atoms with van der Waals surface area (Å²) in [6.07, 6.45) is 9.81. The Bertz CT molecular complexity index is 379. The zero-order valence-corrected chi connectivity index (χ0v) is 13.3. The zero-order chi connectivity index (χ0) is 14.8. The van der Waals surface area contributed by atoms with E-state index >= 15 is 0 Å². The lowest BCUT2D eigenvalue weighted by atomic mass is 9.98. The molecule has 1 aromatic heterocycles. The third-order valence-electron chi connectivity index (χ3n) is 3.78. The number of rotatable bonds is 10. The van der Waals surface area contributed by atoms with Gasteiger partial charge in [-0.25, -0.2) is 0 Å². The first-order valence-corrected chi connectivity index (χ1v) is 8.02. The predicted octanol–water partition coefficient (Wildman–Crippen LogP) is 3.60. The lowest BCUT2D eigenvalue weighted by Crippen LogP contribution is -2.29. The highest BCUT2D eigenvalue weighted by Crippen LogP contribution is 2.22. The van der Waals surface area contributed by atoms with Gasteiger partial charge in [-0.2, -0.15) is 10.2 Å². The fraction of sp³-hybridized carbons (Fsp3) is 0.750. The summed E-state index contributed by atoms with van der Waals surface area (Å²) in [4.78, 5) is 0. The van der Waals surface area contributed by atoms with Crippen LogP contribution in [0.3, 0.4) is 0 Å². The summed E-state index contributed by atoms with van der Waals surface area (Å²) >= 11 is 0. The van der Waals surface area contributed by atoms with Crippen LogP contribution in [0.15, 0.2) is 6.07 Å². The van der Waals surface area contributed by atoms with E-state index in [1.54, 1.807) is 0 Å². The Hall–Kier alpha value is -1.00. The highest BCUT2D eigenvalue weighted by Gasteiger charge is 2.14. The molecule has 1 aromatic rings. The minimum atomic E-state index is 0.199. The van der Waals surface area contributed by atoms with E-state index in [-0.39, 0.29) is 6.04 Å². The third kappa shape index (κ3) is 5.55.